The van der Waals surface area contributed by atoms with E-state index in [0.717, 1.165) is 11.3 Å². The van der Waals surface area contributed by atoms with Crippen molar-refractivity contribution in [2.24, 2.45) is 0 Å². The van der Waals surface area contributed by atoms with Gasteiger partial charge in [0.25, 0.3) is 0 Å². The standard InChI is InChI=1S/C15H15N5O/c1-15(2,10-3-5-11(16)6-4-10)14-19-13(20-21-14)12-7-8-17-9-18-12/h3-9H,16H2,1-2H3. The fourth-order valence-electron chi connectivity index (χ4n) is 2.03. The molecule has 2 heterocycles. The molecule has 2 N–H and O–H groups in total. The van der Waals surface area contributed by atoms with Crippen molar-refractivity contribution in [1.82, 2.24) is 20.1 Å². The lowest BCUT2D eigenvalue weighted by Gasteiger charge is -2.20. The van der Waals surface area contributed by atoms with Crippen molar-refractivity contribution in [3.05, 3.63) is 54.3 Å². The Kier molecular flexibility index (Phi) is 3.13. The molecule has 21 heavy (non-hydrogen) atoms. The normalized spacial score (nSPS) is 11.5. The number of nitrogen functional groups attached to an aromatic ring is 1. The molecule has 3 aromatic rings. The molecule has 106 valence electrons. The molecule has 0 amide bonds. The average Bonchev–Trinajstić information content (AvgIpc) is 2.99. The van der Waals surface area contributed by atoms with Crippen LogP contribution in [0, 0.1) is 0 Å². The number of nitrogens with zero attached hydrogens (tertiary/aromatic N) is 4. The van der Waals surface area contributed by atoms with Gasteiger partial charge in [-0.3, -0.25) is 0 Å². The molecule has 0 radical (unpaired) electrons. The largest absolute Gasteiger partial charge is 0.399 e. The van der Waals surface area contributed by atoms with Crippen molar-refractivity contribution < 1.29 is 4.52 Å². The van der Waals surface area contributed by atoms with E-state index in [1.807, 2.05) is 38.1 Å². The second-order valence-electron chi connectivity index (χ2n) is 5.26. The van der Waals surface area contributed by atoms with Gasteiger partial charge in [0.1, 0.15) is 12.0 Å². The van der Waals surface area contributed by atoms with Crippen molar-refractivity contribution >= 4 is 5.69 Å². The fraction of sp³-hybridized carbons (Fsp3) is 0.200. The molecule has 0 atom stereocenters. The van der Waals surface area contributed by atoms with Gasteiger partial charge in [0.2, 0.25) is 11.7 Å². The topological polar surface area (TPSA) is 90.7 Å². The van der Waals surface area contributed by atoms with E-state index < -0.39 is 5.41 Å². The molecule has 0 saturated heterocycles. The number of rotatable bonds is 3. The highest BCUT2D eigenvalue weighted by molar-refractivity contribution is 5.48. The molecule has 6 heteroatoms. The smallest absolute Gasteiger partial charge is 0.237 e. The Morgan fingerprint density at radius 3 is 2.52 bits per heavy atom. The van der Waals surface area contributed by atoms with E-state index in [0.29, 0.717) is 17.4 Å². The number of aromatic nitrogens is 4. The number of benzene rings is 1. The molecular formula is C15H15N5O. The van der Waals surface area contributed by atoms with Gasteiger partial charge in [-0.2, -0.15) is 4.98 Å². The zero-order chi connectivity index (χ0) is 14.9. The summed E-state index contributed by atoms with van der Waals surface area (Å²) < 4.78 is 5.42. The lowest BCUT2D eigenvalue weighted by Crippen LogP contribution is -2.19. The lowest BCUT2D eigenvalue weighted by molar-refractivity contribution is 0.333. The minimum atomic E-state index is -0.411. The van der Waals surface area contributed by atoms with E-state index in [1.54, 1.807) is 12.3 Å². The minimum Gasteiger partial charge on any atom is -0.399 e. The van der Waals surface area contributed by atoms with Crippen LogP contribution >= 0.6 is 0 Å². The summed E-state index contributed by atoms with van der Waals surface area (Å²) in [6.07, 6.45) is 3.10. The molecule has 0 unspecified atom stereocenters. The maximum atomic E-state index is 5.72. The first kappa shape index (κ1) is 13.2. The second-order valence-corrected chi connectivity index (χ2v) is 5.26. The molecule has 0 aliphatic rings. The van der Waals surface area contributed by atoms with Crippen LogP contribution in [-0.4, -0.2) is 20.1 Å². The Balaban J connectivity index is 1.97. The van der Waals surface area contributed by atoms with Gasteiger partial charge < -0.3 is 10.3 Å². The SMILES string of the molecule is CC(C)(c1ccc(N)cc1)c1nc(-c2ccncn2)no1. The van der Waals surface area contributed by atoms with Gasteiger partial charge in [0.15, 0.2) is 0 Å². The Morgan fingerprint density at radius 1 is 1.10 bits per heavy atom. The number of hydrogen-bond donors (Lipinski definition) is 1. The van der Waals surface area contributed by atoms with Gasteiger partial charge in [0, 0.05) is 11.9 Å². The van der Waals surface area contributed by atoms with E-state index >= 15 is 0 Å². The zero-order valence-electron chi connectivity index (χ0n) is 11.8. The first-order valence-corrected chi connectivity index (χ1v) is 6.54. The van der Waals surface area contributed by atoms with Gasteiger partial charge in [-0.15, -0.1) is 0 Å². The van der Waals surface area contributed by atoms with Crippen LogP contribution in [0.2, 0.25) is 0 Å². The quantitative estimate of drug-likeness (QED) is 0.741. The minimum absolute atomic E-state index is 0.411. The Hall–Kier alpha value is -2.76. The van der Waals surface area contributed by atoms with Crippen LogP contribution in [0.5, 0.6) is 0 Å². The molecule has 2 aromatic heterocycles. The molecular weight excluding hydrogens is 266 g/mol. The van der Waals surface area contributed by atoms with Crippen LogP contribution in [-0.2, 0) is 5.41 Å². The highest BCUT2D eigenvalue weighted by Gasteiger charge is 2.30. The summed E-state index contributed by atoms with van der Waals surface area (Å²) in [4.78, 5) is 12.4. The second kappa shape index (κ2) is 4.97. The summed E-state index contributed by atoms with van der Waals surface area (Å²) in [7, 11) is 0. The van der Waals surface area contributed by atoms with Crippen molar-refractivity contribution in [2.75, 3.05) is 5.73 Å². The van der Waals surface area contributed by atoms with Crippen molar-refractivity contribution in [3.8, 4) is 11.5 Å². The maximum Gasteiger partial charge on any atom is 0.237 e. The molecule has 0 fully saturated rings. The first-order valence-electron chi connectivity index (χ1n) is 6.54. The Morgan fingerprint density at radius 2 is 1.86 bits per heavy atom. The zero-order valence-corrected chi connectivity index (χ0v) is 11.8. The molecule has 0 aliphatic heterocycles. The lowest BCUT2D eigenvalue weighted by atomic mass is 9.84. The van der Waals surface area contributed by atoms with Crippen LogP contribution < -0.4 is 5.73 Å². The van der Waals surface area contributed by atoms with Gasteiger partial charge >= 0.3 is 0 Å². The van der Waals surface area contributed by atoms with Gasteiger partial charge in [-0.25, -0.2) is 9.97 Å². The molecule has 0 bridgehead atoms. The van der Waals surface area contributed by atoms with E-state index in [2.05, 4.69) is 20.1 Å². The number of nitrogens with two attached hydrogens (primary N) is 1. The van der Waals surface area contributed by atoms with E-state index in [1.165, 1.54) is 6.33 Å². The maximum absolute atomic E-state index is 5.72. The predicted molar refractivity (Wildman–Crippen MR) is 78.3 cm³/mol. The predicted octanol–water partition coefficient (Wildman–Crippen LogP) is 2.43. The van der Waals surface area contributed by atoms with Crippen LogP contribution in [0.15, 0.2) is 47.4 Å². The third-order valence-electron chi connectivity index (χ3n) is 3.40. The molecule has 0 spiro atoms. The van der Waals surface area contributed by atoms with Crippen molar-refractivity contribution in [1.29, 1.82) is 0 Å². The monoisotopic (exact) mass is 281 g/mol. The van der Waals surface area contributed by atoms with E-state index in [9.17, 15) is 0 Å². The van der Waals surface area contributed by atoms with E-state index in [-0.39, 0.29) is 0 Å². The summed E-state index contributed by atoms with van der Waals surface area (Å²) in [5.41, 5.74) is 7.72. The third-order valence-corrected chi connectivity index (χ3v) is 3.40. The summed E-state index contributed by atoms with van der Waals surface area (Å²) in [5.74, 6) is 0.983. The first-order chi connectivity index (χ1) is 10.1. The number of anilines is 1. The Labute approximate surface area is 122 Å². The highest BCUT2D eigenvalue weighted by Crippen LogP contribution is 2.31. The van der Waals surface area contributed by atoms with E-state index in [4.69, 9.17) is 10.3 Å². The molecule has 3 rings (SSSR count). The molecule has 6 nitrogen and oxygen atoms in total. The van der Waals surface area contributed by atoms with Gasteiger partial charge in [-0.05, 0) is 37.6 Å². The fourth-order valence-corrected chi connectivity index (χ4v) is 2.03. The van der Waals surface area contributed by atoms with Crippen LogP contribution in [0.3, 0.4) is 0 Å². The molecule has 1 aromatic carbocycles. The molecule has 0 saturated carbocycles. The van der Waals surface area contributed by atoms with Crippen LogP contribution in [0.1, 0.15) is 25.3 Å². The Bertz CT molecular complexity index is 734. The van der Waals surface area contributed by atoms with Crippen LogP contribution in [0.4, 0.5) is 5.69 Å². The van der Waals surface area contributed by atoms with Crippen molar-refractivity contribution in [2.45, 2.75) is 19.3 Å². The number of hydrogen-bond acceptors (Lipinski definition) is 6. The molecule has 0 aliphatic carbocycles. The third kappa shape index (κ3) is 2.47. The average molecular weight is 281 g/mol. The van der Waals surface area contributed by atoms with Crippen LogP contribution in [0.25, 0.3) is 11.5 Å². The summed E-state index contributed by atoms with van der Waals surface area (Å²) in [5, 5.41) is 3.99. The van der Waals surface area contributed by atoms with Crippen molar-refractivity contribution in [3.63, 3.8) is 0 Å². The summed E-state index contributed by atoms with van der Waals surface area (Å²) >= 11 is 0. The van der Waals surface area contributed by atoms with Gasteiger partial charge in [0.05, 0.1) is 5.41 Å². The summed E-state index contributed by atoms with van der Waals surface area (Å²) in [6.45, 7) is 4.05. The summed E-state index contributed by atoms with van der Waals surface area (Å²) in [6, 6.07) is 9.39. The van der Waals surface area contributed by atoms with Gasteiger partial charge in [-0.1, -0.05) is 17.3 Å². The highest BCUT2D eigenvalue weighted by atomic mass is 16.5.